The van der Waals surface area contributed by atoms with Crippen LogP contribution in [0.2, 0.25) is 0 Å². The first kappa shape index (κ1) is 21.8. The molecule has 0 saturated heterocycles. The lowest BCUT2D eigenvalue weighted by Crippen LogP contribution is -2.33. The summed E-state index contributed by atoms with van der Waals surface area (Å²) in [5, 5.41) is 0. The number of hydrogen-bond acceptors (Lipinski definition) is 4. The number of rotatable bonds is 9. The van der Waals surface area contributed by atoms with E-state index in [4.69, 9.17) is 14.2 Å². The number of nitrogens with zero attached hydrogens (tertiary/aromatic N) is 1. The Morgan fingerprint density at radius 3 is 2.09 bits per heavy atom. The zero-order chi connectivity index (χ0) is 22.5. The van der Waals surface area contributed by atoms with Crippen LogP contribution in [-0.2, 0) is 6.54 Å². The van der Waals surface area contributed by atoms with Crippen LogP contribution in [0.1, 0.15) is 48.3 Å². The summed E-state index contributed by atoms with van der Waals surface area (Å²) in [6.45, 7) is 7.49. The second-order valence-corrected chi connectivity index (χ2v) is 8.06. The molecule has 166 valence electrons. The van der Waals surface area contributed by atoms with Crippen LogP contribution in [0.3, 0.4) is 0 Å². The van der Waals surface area contributed by atoms with Crippen LogP contribution in [0.5, 0.6) is 17.2 Å². The van der Waals surface area contributed by atoms with E-state index >= 15 is 0 Å². The van der Waals surface area contributed by atoms with E-state index in [1.54, 1.807) is 0 Å². The molecule has 1 unspecified atom stereocenters. The van der Waals surface area contributed by atoms with Crippen LogP contribution in [0.25, 0.3) is 0 Å². The average Bonchev–Trinajstić information content (AvgIpc) is 3.12. The van der Waals surface area contributed by atoms with Gasteiger partial charge in [-0.25, -0.2) is 0 Å². The second kappa shape index (κ2) is 9.77. The summed E-state index contributed by atoms with van der Waals surface area (Å²) in [7, 11) is 0. The maximum atomic E-state index is 13.2. The van der Waals surface area contributed by atoms with E-state index in [2.05, 4.69) is 0 Å². The van der Waals surface area contributed by atoms with Gasteiger partial charge in [0.2, 0.25) is 0 Å². The molecule has 1 aliphatic rings. The van der Waals surface area contributed by atoms with Crippen molar-refractivity contribution < 1.29 is 19.0 Å². The molecule has 1 aliphatic heterocycles. The molecule has 3 aromatic carbocycles. The van der Waals surface area contributed by atoms with Crippen molar-refractivity contribution in [2.45, 2.75) is 39.5 Å². The third-order valence-electron chi connectivity index (χ3n) is 5.40. The van der Waals surface area contributed by atoms with Gasteiger partial charge in [-0.2, -0.15) is 0 Å². The van der Waals surface area contributed by atoms with Gasteiger partial charge in [0, 0.05) is 12.1 Å². The van der Waals surface area contributed by atoms with E-state index in [0.717, 1.165) is 33.9 Å². The zero-order valence-corrected chi connectivity index (χ0v) is 18.8. The van der Waals surface area contributed by atoms with E-state index < -0.39 is 0 Å². The predicted octanol–water partition coefficient (Wildman–Crippen LogP) is 5.65. The van der Waals surface area contributed by atoms with Crippen LogP contribution >= 0.6 is 0 Å². The molecule has 5 nitrogen and oxygen atoms in total. The summed E-state index contributed by atoms with van der Waals surface area (Å²) in [6, 6.07) is 23.0. The molecule has 1 atom stereocenters. The van der Waals surface area contributed by atoms with Crippen molar-refractivity contribution in [1.82, 2.24) is 4.90 Å². The SMILES string of the molecule is CCOc1ccc(OCC(c2ccc(OC(C)C)cc2)N2Cc3ccccc3C2=O)cc1. The minimum atomic E-state index is -0.227. The summed E-state index contributed by atoms with van der Waals surface area (Å²) >= 11 is 0. The zero-order valence-electron chi connectivity index (χ0n) is 18.8. The highest BCUT2D eigenvalue weighted by Crippen LogP contribution is 2.33. The molecule has 0 aliphatic carbocycles. The normalized spacial score (nSPS) is 13.8. The highest BCUT2D eigenvalue weighted by molar-refractivity contribution is 5.98. The summed E-state index contributed by atoms with van der Waals surface area (Å²) in [6.07, 6.45) is 0.106. The molecule has 0 bridgehead atoms. The van der Waals surface area contributed by atoms with Crippen molar-refractivity contribution in [2.24, 2.45) is 0 Å². The molecular weight excluding hydrogens is 402 g/mol. The van der Waals surface area contributed by atoms with Gasteiger partial charge in [0.15, 0.2) is 0 Å². The van der Waals surface area contributed by atoms with Gasteiger partial charge in [-0.15, -0.1) is 0 Å². The van der Waals surface area contributed by atoms with E-state index in [-0.39, 0.29) is 18.1 Å². The Morgan fingerprint density at radius 2 is 1.47 bits per heavy atom. The van der Waals surface area contributed by atoms with E-state index in [0.29, 0.717) is 19.8 Å². The summed E-state index contributed by atoms with van der Waals surface area (Å²) in [5.74, 6) is 2.39. The van der Waals surface area contributed by atoms with Gasteiger partial charge >= 0.3 is 0 Å². The van der Waals surface area contributed by atoms with Gasteiger partial charge in [-0.1, -0.05) is 30.3 Å². The quantitative estimate of drug-likeness (QED) is 0.439. The first-order valence-corrected chi connectivity index (χ1v) is 11.1. The van der Waals surface area contributed by atoms with Crippen LogP contribution in [0.15, 0.2) is 72.8 Å². The minimum Gasteiger partial charge on any atom is -0.494 e. The summed E-state index contributed by atoms with van der Waals surface area (Å²) in [4.78, 5) is 15.1. The Bertz CT molecular complexity index is 1040. The molecule has 0 aromatic heterocycles. The maximum Gasteiger partial charge on any atom is 0.255 e. The Kier molecular flexibility index (Phi) is 6.64. The smallest absolute Gasteiger partial charge is 0.255 e. The van der Waals surface area contributed by atoms with Gasteiger partial charge in [-0.05, 0) is 74.4 Å². The van der Waals surface area contributed by atoms with Gasteiger partial charge < -0.3 is 19.1 Å². The Labute approximate surface area is 189 Å². The first-order chi connectivity index (χ1) is 15.5. The third kappa shape index (κ3) is 4.88. The summed E-state index contributed by atoms with van der Waals surface area (Å²) < 4.78 is 17.4. The van der Waals surface area contributed by atoms with E-state index in [1.807, 2.05) is 98.5 Å². The maximum absolute atomic E-state index is 13.2. The van der Waals surface area contributed by atoms with Gasteiger partial charge in [0.05, 0.1) is 18.8 Å². The molecule has 4 rings (SSSR count). The number of fused-ring (bicyclic) bond motifs is 1. The van der Waals surface area contributed by atoms with Gasteiger partial charge in [0.1, 0.15) is 23.9 Å². The Balaban J connectivity index is 1.56. The van der Waals surface area contributed by atoms with Crippen molar-refractivity contribution in [1.29, 1.82) is 0 Å². The molecule has 0 fully saturated rings. The van der Waals surface area contributed by atoms with Crippen molar-refractivity contribution in [3.05, 3.63) is 89.5 Å². The number of ether oxygens (including phenoxy) is 3. The topological polar surface area (TPSA) is 48.0 Å². The number of benzene rings is 3. The molecule has 0 saturated carbocycles. The molecule has 3 aromatic rings. The largest absolute Gasteiger partial charge is 0.494 e. The molecule has 32 heavy (non-hydrogen) atoms. The fraction of sp³-hybridized carbons (Fsp3) is 0.296. The molecule has 5 heteroatoms. The highest BCUT2D eigenvalue weighted by atomic mass is 16.5. The van der Waals surface area contributed by atoms with Crippen LogP contribution in [-0.4, -0.2) is 30.1 Å². The molecule has 1 heterocycles. The van der Waals surface area contributed by atoms with Crippen LogP contribution in [0, 0.1) is 0 Å². The Morgan fingerprint density at radius 1 is 0.844 bits per heavy atom. The summed E-state index contributed by atoms with van der Waals surface area (Å²) in [5.41, 5.74) is 2.81. The first-order valence-electron chi connectivity index (χ1n) is 11.1. The molecule has 0 radical (unpaired) electrons. The lowest BCUT2D eigenvalue weighted by Gasteiger charge is -2.28. The predicted molar refractivity (Wildman–Crippen MR) is 124 cm³/mol. The van der Waals surface area contributed by atoms with Crippen molar-refractivity contribution in [3.63, 3.8) is 0 Å². The van der Waals surface area contributed by atoms with Crippen molar-refractivity contribution >= 4 is 5.91 Å². The number of carbonyl (C=O) groups is 1. The second-order valence-electron chi connectivity index (χ2n) is 8.06. The molecule has 0 N–H and O–H groups in total. The lowest BCUT2D eigenvalue weighted by atomic mass is 10.1. The number of amides is 1. The number of carbonyl (C=O) groups excluding carboxylic acids is 1. The fourth-order valence-electron chi connectivity index (χ4n) is 3.91. The van der Waals surface area contributed by atoms with E-state index in [9.17, 15) is 4.79 Å². The lowest BCUT2D eigenvalue weighted by molar-refractivity contribution is 0.0635. The fourth-order valence-corrected chi connectivity index (χ4v) is 3.91. The number of hydrogen-bond donors (Lipinski definition) is 0. The monoisotopic (exact) mass is 431 g/mol. The Hall–Kier alpha value is -3.47. The minimum absolute atomic E-state index is 0.0309. The van der Waals surface area contributed by atoms with Crippen LogP contribution < -0.4 is 14.2 Å². The van der Waals surface area contributed by atoms with E-state index in [1.165, 1.54) is 0 Å². The molecular formula is C27H29NO4. The van der Waals surface area contributed by atoms with Gasteiger partial charge in [0.25, 0.3) is 5.91 Å². The third-order valence-corrected chi connectivity index (χ3v) is 5.40. The average molecular weight is 432 g/mol. The van der Waals surface area contributed by atoms with Crippen molar-refractivity contribution in [2.75, 3.05) is 13.2 Å². The van der Waals surface area contributed by atoms with Crippen LogP contribution in [0.4, 0.5) is 0 Å². The standard InChI is InChI=1S/C27H29NO4/c1-4-30-22-13-15-23(16-14-22)31-18-26(20-9-11-24(12-10-20)32-19(2)3)28-17-21-7-5-6-8-25(21)27(28)29/h5-16,19,26H,4,17-18H2,1-3H3. The van der Waals surface area contributed by atoms with Crippen molar-refractivity contribution in [3.8, 4) is 17.2 Å². The molecule has 0 spiro atoms. The molecule has 1 amide bonds. The highest BCUT2D eigenvalue weighted by Gasteiger charge is 2.33. The van der Waals surface area contributed by atoms with Gasteiger partial charge in [-0.3, -0.25) is 4.79 Å².